The highest BCUT2D eigenvalue weighted by Gasteiger charge is 2.01. The van der Waals surface area contributed by atoms with Crippen LogP contribution in [0.4, 0.5) is 0 Å². The van der Waals surface area contributed by atoms with Gasteiger partial charge in [0.2, 0.25) is 0 Å². The number of nitrogens with one attached hydrogen (secondary N) is 2. The summed E-state index contributed by atoms with van der Waals surface area (Å²) >= 11 is 0. The SMILES string of the molecule is C1=Cc2cc3ccc(cc4nc(cc5ccc(cc1n2)[nH]5)C=C4)[nH]3.Oc1ccncc1. The maximum atomic E-state index is 8.59. The lowest BCUT2D eigenvalue weighted by atomic mass is 10.3. The van der Waals surface area contributed by atoms with Crippen LogP contribution in [0.15, 0.2) is 73.1 Å². The molecule has 8 bridgehead atoms. The van der Waals surface area contributed by atoms with E-state index in [-0.39, 0.29) is 5.75 Å². The molecule has 150 valence electrons. The first-order valence-corrected chi connectivity index (χ1v) is 9.83. The monoisotopic (exact) mass is 405 g/mol. The third-order valence-corrected chi connectivity index (χ3v) is 4.70. The molecule has 3 N–H and O–H groups in total. The van der Waals surface area contributed by atoms with Gasteiger partial charge >= 0.3 is 0 Å². The summed E-state index contributed by atoms with van der Waals surface area (Å²) in [5.74, 6) is 0.259. The van der Waals surface area contributed by atoms with Crippen molar-refractivity contribution >= 4 is 46.4 Å². The standard InChI is InChI=1S/C20H14N4.C5H5NO/c1-2-14-10-16-5-6-18(23-16)12-20-8-7-19(24-20)11-17-4-3-15(22-17)9-13(1)21-14;7-5-1-3-6-4-2-5/h1-12,21,24H;1-4H,(H,6,7). The fraction of sp³-hybridized carbons (Fsp3) is 0. The van der Waals surface area contributed by atoms with Crippen LogP contribution >= 0.6 is 0 Å². The van der Waals surface area contributed by atoms with Crippen LogP contribution in [0.3, 0.4) is 0 Å². The number of pyridine rings is 1. The Bertz CT molecular complexity index is 1270. The van der Waals surface area contributed by atoms with Crippen molar-refractivity contribution in [2.75, 3.05) is 0 Å². The minimum absolute atomic E-state index is 0.259. The maximum absolute atomic E-state index is 8.59. The van der Waals surface area contributed by atoms with Crippen molar-refractivity contribution < 1.29 is 5.11 Å². The Hall–Kier alpha value is -4.45. The first kappa shape index (κ1) is 18.6. The predicted molar refractivity (Wildman–Crippen MR) is 125 cm³/mol. The highest BCUT2D eigenvalue weighted by molar-refractivity contribution is 5.77. The minimum atomic E-state index is 0.259. The lowest BCUT2D eigenvalue weighted by molar-refractivity contribution is 0.474. The molecule has 0 saturated carbocycles. The van der Waals surface area contributed by atoms with Crippen molar-refractivity contribution in [3.63, 3.8) is 0 Å². The highest BCUT2D eigenvalue weighted by Crippen LogP contribution is 2.16. The van der Waals surface area contributed by atoms with Gasteiger partial charge in [-0.3, -0.25) is 4.98 Å². The molecule has 6 nitrogen and oxygen atoms in total. The molecule has 4 aromatic heterocycles. The quantitative estimate of drug-likeness (QED) is 0.314. The van der Waals surface area contributed by atoms with E-state index >= 15 is 0 Å². The highest BCUT2D eigenvalue weighted by atomic mass is 16.3. The van der Waals surface area contributed by atoms with Crippen molar-refractivity contribution in [3.05, 3.63) is 95.8 Å². The molecule has 6 heteroatoms. The van der Waals surface area contributed by atoms with E-state index in [0.717, 1.165) is 44.8 Å². The van der Waals surface area contributed by atoms with Gasteiger partial charge in [0.05, 0.1) is 22.8 Å². The number of rotatable bonds is 0. The summed E-state index contributed by atoms with van der Waals surface area (Å²) in [6.07, 6.45) is 11.2. The van der Waals surface area contributed by atoms with Gasteiger partial charge in [-0.1, -0.05) is 0 Å². The van der Waals surface area contributed by atoms with E-state index in [1.165, 1.54) is 24.5 Å². The number of hydrogen-bond acceptors (Lipinski definition) is 4. The zero-order valence-electron chi connectivity index (χ0n) is 16.5. The second kappa shape index (κ2) is 8.12. The lowest BCUT2D eigenvalue weighted by Crippen LogP contribution is -1.75. The second-order valence-corrected chi connectivity index (χ2v) is 7.11. The first-order valence-electron chi connectivity index (χ1n) is 9.83. The average molecular weight is 405 g/mol. The smallest absolute Gasteiger partial charge is 0.118 e. The van der Waals surface area contributed by atoms with Crippen LogP contribution in [0.2, 0.25) is 0 Å². The third kappa shape index (κ3) is 4.59. The number of hydrogen-bond donors (Lipinski definition) is 3. The van der Waals surface area contributed by atoms with Crippen LogP contribution in [-0.4, -0.2) is 30.0 Å². The Morgan fingerprint density at radius 1 is 0.516 bits per heavy atom. The molecule has 6 heterocycles. The Labute approximate surface area is 178 Å². The molecule has 0 saturated heterocycles. The van der Waals surface area contributed by atoms with Crippen molar-refractivity contribution in [1.29, 1.82) is 0 Å². The van der Waals surface area contributed by atoms with Crippen LogP contribution in [0.25, 0.3) is 46.4 Å². The largest absolute Gasteiger partial charge is 0.508 e. The second-order valence-electron chi connectivity index (χ2n) is 7.11. The molecule has 0 spiro atoms. The summed E-state index contributed by atoms with van der Waals surface area (Å²) in [5.41, 5.74) is 7.86. The normalized spacial score (nSPS) is 11.7. The summed E-state index contributed by atoms with van der Waals surface area (Å²) in [6.45, 7) is 0. The van der Waals surface area contributed by atoms with Gasteiger partial charge in [-0.15, -0.1) is 0 Å². The van der Waals surface area contributed by atoms with Crippen molar-refractivity contribution in [2.45, 2.75) is 0 Å². The molecule has 0 amide bonds. The van der Waals surface area contributed by atoms with Gasteiger partial charge in [-0.25, -0.2) is 9.97 Å². The molecule has 0 aromatic carbocycles. The van der Waals surface area contributed by atoms with Crippen LogP contribution in [0.1, 0.15) is 22.8 Å². The van der Waals surface area contributed by atoms with Gasteiger partial charge in [0.15, 0.2) is 0 Å². The Morgan fingerprint density at radius 2 is 0.871 bits per heavy atom. The summed E-state index contributed by atoms with van der Waals surface area (Å²) in [4.78, 5) is 19.7. The van der Waals surface area contributed by atoms with E-state index < -0.39 is 0 Å². The number of aromatic nitrogens is 5. The van der Waals surface area contributed by atoms with Gasteiger partial charge in [0.25, 0.3) is 0 Å². The summed E-state index contributed by atoms with van der Waals surface area (Å²) in [6, 6.07) is 19.4. The number of fused-ring (bicyclic) bond motifs is 8. The molecule has 0 aliphatic carbocycles. The van der Waals surface area contributed by atoms with Gasteiger partial charge < -0.3 is 15.1 Å². The molecule has 4 aromatic rings. The van der Waals surface area contributed by atoms with Crippen LogP contribution in [-0.2, 0) is 0 Å². The van der Waals surface area contributed by atoms with E-state index in [1.807, 2.05) is 48.6 Å². The minimum Gasteiger partial charge on any atom is -0.508 e. The molecule has 6 rings (SSSR count). The first-order chi connectivity index (χ1) is 15.2. The van der Waals surface area contributed by atoms with Gasteiger partial charge in [-0.05, 0) is 85.0 Å². The average Bonchev–Trinajstić information content (AvgIpc) is 3.55. The number of H-pyrrole nitrogens is 2. The molecule has 2 aliphatic rings. The molecular weight excluding hydrogens is 386 g/mol. The number of nitrogens with zero attached hydrogens (tertiary/aromatic N) is 3. The Morgan fingerprint density at radius 3 is 1.16 bits per heavy atom. The maximum Gasteiger partial charge on any atom is 0.118 e. The van der Waals surface area contributed by atoms with Gasteiger partial charge in [-0.2, -0.15) is 0 Å². The van der Waals surface area contributed by atoms with Gasteiger partial charge in [0.1, 0.15) is 5.75 Å². The van der Waals surface area contributed by atoms with E-state index in [0.29, 0.717) is 0 Å². The fourth-order valence-electron chi connectivity index (χ4n) is 3.29. The molecule has 0 radical (unpaired) electrons. The van der Waals surface area contributed by atoms with Crippen LogP contribution in [0.5, 0.6) is 5.75 Å². The van der Waals surface area contributed by atoms with E-state index in [1.54, 1.807) is 0 Å². The molecular formula is C25H19N5O. The lowest BCUT2D eigenvalue weighted by Gasteiger charge is -1.85. The third-order valence-electron chi connectivity index (χ3n) is 4.70. The predicted octanol–water partition coefficient (Wildman–Crippen LogP) is 5.44. The molecule has 0 atom stereocenters. The van der Waals surface area contributed by atoms with E-state index in [2.05, 4.69) is 49.2 Å². The molecule has 0 fully saturated rings. The zero-order valence-corrected chi connectivity index (χ0v) is 16.5. The molecule has 31 heavy (non-hydrogen) atoms. The van der Waals surface area contributed by atoms with Crippen molar-refractivity contribution in [1.82, 2.24) is 24.9 Å². The van der Waals surface area contributed by atoms with E-state index in [9.17, 15) is 0 Å². The number of aromatic amines is 2. The number of aromatic hydroxyl groups is 1. The molecule has 2 aliphatic heterocycles. The summed E-state index contributed by atoms with van der Waals surface area (Å²) in [7, 11) is 0. The van der Waals surface area contributed by atoms with Crippen LogP contribution < -0.4 is 0 Å². The van der Waals surface area contributed by atoms with Crippen LogP contribution in [0, 0.1) is 0 Å². The fourth-order valence-corrected chi connectivity index (χ4v) is 3.29. The van der Waals surface area contributed by atoms with E-state index in [4.69, 9.17) is 5.11 Å². The Kier molecular flexibility index (Phi) is 4.86. The van der Waals surface area contributed by atoms with Crippen molar-refractivity contribution in [3.8, 4) is 5.75 Å². The molecule has 0 unspecified atom stereocenters. The topological polar surface area (TPSA) is 90.5 Å². The summed E-state index contributed by atoms with van der Waals surface area (Å²) < 4.78 is 0. The summed E-state index contributed by atoms with van der Waals surface area (Å²) in [5, 5.41) is 8.59. The zero-order chi connectivity index (χ0) is 21.0. The van der Waals surface area contributed by atoms with Crippen molar-refractivity contribution in [2.24, 2.45) is 0 Å². The Balaban J connectivity index is 0.000000250. The van der Waals surface area contributed by atoms with Gasteiger partial charge in [0, 0.05) is 34.5 Å².